The van der Waals surface area contributed by atoms with Gasteiger partial charge in [-0.15, -0.1) is 0 Å². The SMILES string of the molecule is COc1ccc(CN2CCN(C(=O)c3cc4cc(Oc5ccc(CNC(=O)/C=C\C(=O)OC(N)c6ccc(Oc7ccc8c(c7)cc(C(=O)N7CCN(Cc9ccc(OC)cc9)CC7)n8C)nc6)cn5)ccc4n3C)CC2)cc1. The van der Waals surface area contributed by atoms with Crippen LogP contribution < -0.4 is 30.0 Å². The molecule has 6 heterocycles. The molecule has 8 aromatic rings. The van der Waals surface area contributed by atoms with Crippen molar-refractivity contribution in [2.45, 2.75) is 25.9 Å². The number of amides is 3. The zero-order valence-corrected chi connectivity index (χ0v) is 44.5. The van der Waals surface area contributed by atoms with Crippen LogP contribution in [0.3, 0.4) is 0 Å². The Labute approximate surface area is 457 Å². The van der Waals surface area contributed by atoms with Crippen LogP contribution in [-0.4, -0.2) is 129 Å². The topological polar surface area (TPSA) is 201 Å². The fourth-order valence-corrected chi connectivity index (χ4v) is 9.77. The maximum absolute atomic E-state index is 13.7. The molecule has 2 aliphatic heterocycles. The first-order valence-corrected chi connectivity index (χ1v) is 26.0. The van der Waals surface area contributed by atoms with Gasteiger partial charge in [-0.3, -0.25) is 29.9 Å². The highest BCUT2D eigenvalue weighted by Crippen LogP contribution is 2.30. The number of hydrogen-bond acceptors (Lipinski definition) is 14. The minimum Gasteiger partial charge on any atom is -0.497 e. The van der Waals surface area contributed by atoms with Crippen LogP contribution in [0.1, 0.15) is 49.5 Å². The van der Waals surface area contributed by atoms with Gasteiger partial charge in [0.2, 0.25) is 17.7 Å². The van der Waals surface area contributed by atoms with Gasteiger partial charge in [0.15, 0.2) is 6.23 Å². The number of carbonyl (C=O) groups is 4. The van der Waals surface area contributed by atoms with E-state index in [-0.39, 0.29) is 24.2 Å². The third kappa shape index (κ3) is 12.9. The van der Waals surface area contributed by atoms with Gasteiger partial charge in [-0.2, -0.15) is 0 Å². The van der Waals surface area contributed by atoms with E-state index >= 15 is 0 Å². The first-order chi connectivity index (χ1) is 38.4. The number of fused-ring (bicyclic) bond motifs is 2. The molecule has 2 aliphatic rings. The monoisotopic (exact) mass is 1070 g/mol. The molecule has 79 heavy (non-hydrogen) atoms. The van der Waals surface area contributed by atoms with E-state index in [1.165, 1.54) is 17.3 Å². The fraction of sp³-hybridized carbons (Fsp3) is 0.267. The van der Waals surface area contributed by atoms with Gasteiger partial charge >= 0.3 is 5.97 Å². The van der Waals surface area contributed by atoms with E-state index in [4.69, 9.17) is 29.4 Å². The third-order valence-corrected chi connectivity index (χ3v) is 14.3. The van der Waals surface area contributed by atoms with E-state index in [2.05, 4.69) is 49.4 Å². The van der Waals surface area contributed by atoms with Crippen LogP contribution >= 0.6 is 0 Å². The molecule has 0 spiro atoms. The summed E-state index contributed by atoms with van der Waals surface area (Å²) in [6.45, 7) is 7.46. The molecule has 3 amide bonds. The number of rotatable bonds is 18. The lowest BCUT2D eigenvalue weighted by Crippen LogP contribution is -2.48. The second-order valence-electron chi connectivity index (χ2n) is 19.5. The Hall–Kier alpha value is -9.04. The number of carbonyl (C=O) groups excluding carboxylic acids is 4. The number of benzene rings is 4. The molecule has 10 rings (SSSR count). The summed E-state index contributed by atoms with van der Waals surface area (Å²) in [7, 11) is 7.10. The summed E-state index contributed by atoms with van der Waals surface area (Å²) in [5.74, 6) is 2.01. The normalized spacial score (nSPS) is 14.6. The Morgan fingerprint density at radius 3 is 1.46 bits per heavy atom. The number of ether oxygens (including phenoxy) is 5. The van der Waals surface area contributed by atoms with Gasteiger partial charge in [0.25, 0.3) is 11.8 Å². The largest absolute Gasteiger partial charge is 0.497 e. The molecule has 0 saturated carbocycles. The predicted molar refractivity (Wildman–Crippen MR) is 297 cm³/mol. The molecule has 0 aliphatic carbocycles. The number of hydrogen-bond donors (Lipinski definition) is 2. The van der Waals surface area contributed by atoms with Crippen LogP contribution in [0.2, 0.25) is 0 Å². The first-order valence-electron chi connectivity index (χ1n) is 26.0. The molecule has 1 atom stereocenters. The van der Waals surface area contributed by atoms with E-state index < -0.39 is 18.1 Å². The van der Waals surface area contributed by atoms with Gasteiger partial charge in [0.1, 0.15) is 34.4 Å². The van der Waals surface area contributed by atoms with Crippen molar-refractivity contribution in [3.8, 4) is 34.8 Å². The zero-order valence-electron chi connectivity index (χ0n) is 44.5. The summed E-state index contributed by atoms with van der Waals surface area (Å²) in [6.07, 6.45) is 3.93. The lowest BCUT2D eigenvalue weighted by molar-refractivity contribution is -0.143. The highest BCUT2D eigenvalue weighted by molar-refractivity contribution is 6.00. The van der Waals surface area contributed by atoms with E-state index in [9.17, 15) is 19.2 Å². The minimum absolute atomic E-state index is 0.00821. The van der Waals surface area contributed by atoms with E-state index in [0.29, 0.717) is 66.1 Å². The van der Waals surface area contributed by atoms with Gasteiger partial charge in [-0.25, -0.2) is 14.8 Å². The molecule has 4 aromatic carbocycles. The molecular weight excluding hydrogens is 1000 g/mol. The van der Waals surface area contributed by atoms with Gasteiger partial charge in [-0.05, 0) is 95.6 Å². The van der Waals surface area contributed by atoms with Crippen LogP contribution in [-0.2, 0) is 48.1 Å². The summed E-state index contributed by atoms with van der Waals surface area (Å²) < 4.78 is 31.8. The van der Waals surface area contributed by atoms with Crippen LogP contribution in [0.4, 0.5) is 0 Å². The van der Waals surface area contributed by atoms with E-state index in [0.717, 1.165) is 84.7 Å². The van der Waals surface area contributed by atoms with Crippen molar-refractivity contribution in [1.29, 1.82) is 0 Å². The first kappa shape index (κ1) is 53.4. The van der Waals surface area contributed by atoms with Gasteiger partial charge in [-0.1, -0.05) is 30.3 Å². The average molecular weight is 1070 g/mol. The predicted octanol–water partition coefficient (Wildman–Crippen LogP) is 7.35. The summed E-state index contributed by atoms with van der Waals surface area (Å²) in [6, 6.07) is 37.8. The lowest BCUT2D eigenvalue weighted by Gasteiger charge is -2.34. The number of nitrogens with zero attached hydrogens (tertiary/aromatic N) is 8. The highest BCUT2D eigenvalue weighted by atomic mass is 16.6. The Morgan fingerprint density at radius 1 is 0.557 bits per heavy atom. The Balaban J connectivity index is 0.644. The summed E-state index contributed by atoms with van der Waals surface area (Å²) >= 11 is 0. The molecule has 2 saturated heterocycles. The summed E-state index contributed by atoms with van der Waals surface area (Å²) in [5, 5.41) is 4.43. The molecule has 4 aromatic heterocycles. The van der Waals surface area contributed by atoms with E-state index in [1.54, 1.807) is 44.7 Å². The van der Waals surface area contributed by atoms with E-state index in [1.807, 2.05) is 106 Å². The molecular formula is C60H62N10O9. The van der Waals surface area contributed by atoms with Gasteiger partial charge in [0, 0.05) is 150 Å². The number of nitrogens with two attached hydrogens (primary N) is 1. The number of aromatic nitrogens is 4. The number of nitrogens with one attached hydrogen (secondary N) is 1. The molecule has 406 valence electrons. The maximum Gasteiger partial charge on any atom is 0.332 e. The van der Waals surface area contributed by atoms with Crippen molar-refractivity contribution in [2.24, 2.45) is 19.8 Å². The highest BCUT2D eigenvalue weighted by Gasteiger charge is 2.27. The molecule has 19 nitrogen and oxygen atoms in total. The summed E-state index contributed by atoms with van der Waals surface area (Å²) in [4.78, 5) is 69.9. The van der Waals surface area contributed by atoms with Crippen LogP contribution in [0.15, 0.2) is 146 Å². The average Bonchev–Trinajstić information content (AvgIpc) is 4.06. The van der Waals surface area contributed by atoms with Crippen LogP contribution in [0.5, 0.6) is 34.8 Å². The molecule has 0 bridgehead atoms. The molecule has 1 unspecified atom stereocenters. The molecule has 19 heteroatoms. The van der Waals surface area contributed by atoms with Gasteiger partial charge < -0.3 is 47.9 Å². The quantitative estimate of drug-likeness (QED) is 0.0491. The number of methoxy groups -OCH3 is 2. The van der Waals surface area contributed by atoms with Crippen molar-refractivity contribution in [1.82, 2.24) is 44.0 Å². The maximum atomic E-state index is 13.7. The number of piperazine rings is 2. The standard InChI is InChI=1S/C60H62N10O9/c1-65-50-17-15-48(31-44(50)33-52(65)59(73)69-27-23-67(24-28-69)38-40-5-11-46(75-3)12-6-40)77-55-20-9-42(36-63-55)35-62-54(71)19-22-57(72)79-58(61)43-10-21-56(64-37-43)78-49-16-18-51-45(32-49)34-53(66(51)2)60(74)70-29-25-68(26-30-70)39-41-7-13-47(76-4)14-8-41/h5-22,31-34,36-37,58H,23-30,35,38-39,61H2,1-4H3,(H,62,71)/b22-19-. The molecule has 0 radical (unpaired) electrons. The van der Waals surface area contributed by atoms with Gasteiger partial charge in [0.05, 0.1) is 14.2 Å². The van der Waals surface area contributed by atoms with Crippen molar-refractivity contribution in [2.75, 3.05) is 66.6 Å². The molecule has 3 N–H and O–H groups in total. The Kier molecular flexibility index (Phi) is 16.3. The van der Waals surface area contributed by atoms with Crippen molar-refractivity contribution < 1.29 is 42.9 Å². The van der Waals surface area contributed by atoms with Crippen molar-refractivity contribution in [3.63, 3.8) is 0 Å². The van der Waals surface area contributed by atoms with Crippen LogP contribution in [0, 0.1) is 0 Å². The smallest absolute Gasteiger partial charge is 0.332 e. The summed E-state index contributed by atoms with van der Waals surface area (Å²) in [5.41, 5.74) is 12.7. The van der Waals surface area contributed by atoms with Crippen molar-refractivity contribution in [3.05, 3.63) is 180 Å². The second-order valence-corrected chi connectivity index (χ2v) is 19.5. The number of pyridine rings is 2. The van der Waals surface area contributed by atoms with Crippen LogP contribution in [0.25, 0.3) is 21.8 Å². The Morgan fingerprint density at radius 2 is 1.01 bits per heavy atom. The number of aryl methyl sites for hydroxylation is 2. The second kappa shape index (κ2) is 24.1. The lowest BCUT2D eigenvalue weighted by atomic mass is 10.2. The molecule has 2 fully saturated rings. The third-order valence-electron chi connectivity index (χ3n) is 14.3. The minimum atomic E-state index is -1.16. The fourth-order valence-electron chi connectivity index (χ4n) is 9.77. The Bertz CT molecular complexity index is 3490. The van der Waals surface area contributed by atoms with Crippen molar-refractivity contribution >= 4 is 45.5 Å². The number of esters is 1. The zero-order chi connectivity index (χ0) is 55.0.